The van der Waals surface area contributed by atoms with Crippen molar-refractivity contribution >= 4 is 10.1 Å². The van der Waals surface area contributed by atoms with E-state index in [-0.39, 0.29) is 4.90 Å². The zero-order valence-corrected chi connectivity index (χ0v) is 10.4. The highest BCUT2D eigenvalue weighted by atomic mass is 32.2. The Bertz CT molecular complexity index is 653. The standard InChI is InChI=1S/C12H11FNO3S/c1-10-5-7-11(8-6-10)18(15,16)17-14-9-3-2-4-12(14)13/h2-9H,1H3/q+1. The van der Waals surface area contributed by atoms with Crippen LogP contribution in [0.4, 0.5) is 4.39 Å². The Kier molecular flexibility index (Phi) is 3.29. The number of nitrogens with zero attached hydrogens (tertiary/aromatic N) is 1. The molecule has 6 heteroatoms. The van der Waals surface area contributed by atoms with E-state index in [0.29, 0.717) is 4.73 Å². The number of halogens is 1. The van der Waals surface area contributed by atoms with E-state index < -0.39 is 16.1 Å². The Hall–Kier alpha value is -1.95. The molecule has 0 fully saturated rings. The van der Waals surface area contributed by atoms with Crippen LogP contribution in [-0.2, 0) is 10.1 Å². The molecule has 2 rings (SSSR count). The van der Waals surface area contributed by atoms with Crippen LogP contribution in [-0.4, -0.2) is 8.42 Å². The fourth-order valence-corrected chi connectivity index (χ4v) is 2.21. The number of benzene rings is 1. The maximum Gasteiger partial charge on any atom is 0.410 e. The monoisotopic (exact) mass is 268 g/mol. The maximum absolute atomic E-state index is 13.3. The molecule has 18 heavy (non-hydrogen) atoms. The minimum atomic E-state index is -4.03. The molecule has 0 radical (unpaired) electrons. The summed E-state index contributed by atoms with van der Waals surface area (Å²) in [5, 5.41) is 0. The first-order valence-corrected chi connectivity index (χ1v) is 6.58. The first-order chi connectivity index (χ1) is 8.49. The SMILES string of the molecule is Cc1ccc(S(=O)(=O)O[n+]2ccccc2F)cc1. The molecule has 1 aromatic heterocycles. The van der Waals surface area contributed by atoms with Gasteiger partial charge in [-0.3, -0.25) is 0 Å². The lowest BCUT2D eigenvalue weighted by molar-refractivity contribution is -0.877. The third-order valence-corrected chi connectivity index (χ3v) is 3.47. The average Bonchev–Trinajstić information content (AvgIpc) is 2.32. The molecule has 4 nitrogen and oxygen atoms in total. The van der Waals surface area contributed by atoms with E-state index in [4.69, 9.17) is 0 Å². The number of aryl methyl sites for hydroxylation is 1. The maximum atomic E-state index is 13.3. The molecule has 0 aliphatic carbocycles. The van der Waals surface area contributed by atoms with Gasteiger partial charge in [0.1, 0.15) is 4.90 Å². The Morgan fingerprint density at radius 1 is 1.11 bits per heavy atom. The van der Waals surface area contributed by atoms with Gasteiger partial charge in [-0.25, -0.2) is 0 Å². The van der Waals surface area contributed by atoms with E-state index >= 15 is 0 Å². The van der Waals surface area contributed by atoms with Crippen LogP contribution in [0.3, 0.4) is 0 Å². The highest BCUT2D eigenvalue weighted by molar-refractivity contribution is 7.86. The first kappa shape index (κ1) is 12.5. The number of aromatic nitrogens is 1. The Morgan fingerprint density at radius 2 is 1.78 bits per heavy atom. The lowest BCUT2D eigenvalue weighted by Gasteiger charge is -2.01. The first-order valence-electron chi connectivity index (χ1n) is 5.17. The van der Waals surface area contributed by atoms with E-state index in [0.717, 1.165) is 11.6 Å². The topological polar surface area (TPSA) is 47.3 Å². The lowest BCUT2D eigenvalue weighted by atomic mass is 10.2. The van der Waals surface area contributed by atoms with Gasteiger partial charge in [0.25, 0.3) is 0 Å². The largest absolute Gasteiger partial charge is 0.410 e. The summed E-state index contributed by atoms with van der Waals surface area (Å²) < 4.78 is 42.2. The summed E-state index contributed by atoms with van der Waals surface area (Å²) in [6.07, 6.45) is 1.18. The van der Waals surface area contributed by atoms with Crippen LogP contribution >= 0.6 is 0 Å². The van der Waals surface area contributed by atoms with E-state index in [1.54, 1.807) is 12.1 Å². The third kappa shape index (κ3) is 2.65. The summed E-state index contributed by atoms with van der Waals surface area (Å²) in [5.74, 6) is -0.798. The van der Waals surface area contributed by atoms with Crippen molar-refractivity contribution < 1.29 is 21.8 Å². The van der Waals surface area contributed by atoms with E-state index in [1.165, 1.54) is 30.5 Å². The molecule has 1 heterocycles. The third-order valence-electron chi connectivity index (χ3n) is 2.26. The lowest BCUT2D eigenvalue weighted by Crippen LogP contribution is -2.48. The highest BCUT2D eigenvalue weighted by Crippen LogP contribution is 2.10. The molecule has 0 amide bonds. The molecule has 0 spiro atoms. The van der Waals surface area contributed by atoms with Gasteiger partial charge in [-0.2, -0.15) is 8.42 Å². The summed E-state index contributed by atoms with van der Waals surface area (Å²) in [4.78, 5) is -0.0242. The Balaban J connectivity index is 2.33. The highest BCUT2D eigenvalue weighted by Gasteiger charge is 2.24. The Labute approximate surface area is 104 Å². The van der Waals surface area contributed by atoms with Crippen LogP contribution < -0.4 is 9.01 Å². The van der Waals surface area contributed by atoms with Crippen molar-refractivity contribution in [2.45, 2.75) is 11.8 Å². The molecular formula is C12H11FNO3S+. The number of hydrogen-bond acceptors (Lipinski definition) is 3. The van der Waals surface area contributed by atoms with Crippen LogP contribution in [0.5, 0.6) is 0 Å². The van der Waals surface area contributed by atoms with Crippen LogP contribution in [0.2, 0.25) is 0 Å². The van der Waals surface area contributed by atoms with Gasteiger partial charge in [0.2, 0.25) is 6.20 Å². The zero-order chi connectivity index (χ0) is 13.2. The molecule has 0 atom stereocenters. The summed E-state index contributed by atoms with van der Waals surface area (Å²) in [5.41, 5.74) is 0.924. The minimum Gasteiger partial charge on any atom is -0.176 e. The van der Waals surface area contributed by atoms with Gasteiger partial charge >= 0.3 is 16.1 Å². The molecule has 0 saturated carbocycles. The molecule has 94 valence electrons. The Morgan fingerprint density at radius 3 is 2.39 bits per heavy atom. The van der Waals surface area contributed by atoms with Gasteiger partial charge < -0.3 is 0 Å². The van der Waals surface area contributed by atoms with E-state index in [2.05, 4.69) is 4.28 Å². The quantitative estimate of drug-likeness (QED) is 0.621. The van der Waals surface area contributed by atoms with Gasteiger partial charge in [0, 0.05) is 12.1 Å². The van der Waals surface area contributed by atoms with Gasteiger partial charge in [-0.1, -0.05) is 17.7 Å². The summed E-state index contributed by atoms with van der Waals surface area (Å²) in [7, 11) is -4.03. The van der Waals surface area contributed by atoms with Crippen molar-refractivity contribution in [1.29, 1.82) is 0 Å². The second-order valence-corrected chi connectivity index (χ2v) is 5.22. The normalized spacial score (nSPS) is 11.2. The molecule has 2 aromatic rings. The molecule has 0 aliphatic rings. The van der Waals surface area contributed by atoms with E-state index in [1.807, 2.05) is 6.92 Å². The fraction of sp³-hybridized carbons (Fsp3) is 0.0833. The second-order valence-electron chi connectivity index (χ2n) is 3.69. The van der Waals surface area contributed by atoms with Gasteiger partial charge in [-0.15, -0.1) is 8.67 Å². The summed E-state index contributed by atoms with van der Waals surface area (Å²) in [6, 6.07) is 10.1. The predicted octanol–water partition coefficient (Wildman–Crippen LogP) is 1.24. The number of pyridine rings is 1. The molecule has 0 aliphatic heterocycles. The van der Waals surface area contributed by atoms with Crippen LogP contribution in [0, 0.1) is 12.9 Å². The minimum absolute atomic E-state index is 0.0242. The van der Waals surface area contributed by atoms with Crippen LogP contribution in [0.25, 0.3) is 0 Å². The molecule has 0 N–H and O–H groups in total. The fourth-order valence-electron chi connectivity index (χ4n) is 1.32. The number of hydrogen-bond donors (Lipinski definition) is 0. The van der Waals surface area contributed by atoms with Crippen molar-refractivity contribution in [3.63, 3.8) is 0 Å². The smallest absolute Gasteiger partial charge is 0.176 e. The summed E-state index contributed by atoms with van der Waals surface area (Å²) in [6.45, 7) is 1.84. The molecule has 0 bridgehead atoms. The average molecular weight is 268 g/mol. The molecule has 1 aromatic carbocycles. The second kappa shape index (κ2) is 4.73. The zero-order valence-electron chi connectivity index (χ0n) is 9.58. The van der Waals surface area contributed by atoms with Crippen molar-refractivity contribution in [2.75, 3.05) is 0 Å². The van der Waals surface area contributed by atoms with Crippen molar-refractivity contribution in [3.8, 4) is 0 Å². The van der Waals surface area contributed by atoms with Gasteiger partial charge in [-0.05, 0) is 25.1 Å². The van der Waals surface area contributed by atoms with Crippen molar-refractivity contribution in [1.82, 2.24) is 0 Å². The predicted molar refractivity (Wildman–Crippen MR) is 61.5 cm³/mol. The molecular weight excluding hydrogens is 257 g/mol. The van der Waals surface area contributed by atoms with Crippen molar-refractivity contribution in [3.05, 3.63) is 60.2 Å². The van der Waals surface area contributed by atoms with Crippen molar-refractivity contribution in [2.24, 2.45) is 0 Å². The molecule has 0 unspecified atom stereocenters. The van der Waals surface area contributed by atoms with E-state index in [9.17, 15) is 12.8 Å². The van der Waals surface area contributed by atoms with Crippen LogP contribution in [0.1, 0.15) is 5.56 Å². The van der Waals surface area contributed by atoms with Crippen LogP contribution in [0.15, 0.2) is 53.6 Å². The summed E-state index contributed by atoms with van der Waals surface area (Å²) >= 11 is 0. The van der Waals surface area contributed by atoms with Gasteiger partial charge in [0.15, 0.2) is 0 Å². The number of rotatable bonds is 3. The molecule has 0 saturated heterocycles. The van der Waals surface area contributed by atoms with Gasteiger partial charge in [0.05, 0.1) is 4.73 Å².